The van der Waals surface area contributed by atoms with Crippen LogP contribution in [-0.2, 0) is 56.8 Å². The van der Waals surface area contributed by atoms with Crippen LogP contribution in [0.25, 0.3) is 0 Å². The summed E-state index contributed by atoms with van der Waals surface area (Å²) >= 11 is 0. The Labute approximate surface area is 476 Å². The third-order valence-electron chi connectivity index (χ3n) is 22.0. The highest BCUT2D eigenvalue weighted by atomic mass is 16.8. The highest BCUT2D eigenvalue weighted by molar-refractivity contribution is 5.13. The molecule has 26 nitrogen and oxygen atoms in total. The van der Waals surface area contributed by atoms with Crippen molar-refractivity contribution < 1.29 is 128 Å². The zero-order chi connectivity index (χ0) is 58.5. The third-order valence-corrected chi connectivity index (χ3v) is 22.0. The van der Waals surface area contributed by atoms with E-state index < -0.39 is 186 Å². The Morgan fingerprint density at radius 3 is 1.71 bits per heavy atom. The van der Waals surface area contributed by atoms with Gasteiger partial charge >= 0.3 is 0 Å². The molecule has 82 heavy (non-hydrogen) atoms. The zero-order valence-corrected chi connectivity index (χ0v) is 47.2. The van der Waals surface area contributed by atoms with Gasteiger partial charge in [0, 0.05) is 12.3 Å². The van der Waals surface area contributed by atoms with Gasteiger partial charge in [-0.05, 0) is 111 Å². The molecule has 0 amide bonds. The first-order chi connectivity index (χ1) is 39.1. The highest BCUT2D eigenvalue weighted by Crippen LogP contribution is 2.70. The summed E-state index contributed by atoms with van der Waals surface area (Å²) in [5, 5.41) is 153. The summed E-state index contributed by atoms with van der Waals surface area (Å²) in [6.45, 7) is 6.74. The molecule has 472 valence electrons. The molecule has 14 N–H and O–H groups in total. The Kier molecular flexibility index (Phi) is 18.9. The summed E-state index contributed by atoms with van der Waals surface area (Å²) in [6, 6.07) is 0. The summed E-state index contributed by atoms with van der Waals surface area (Å²) in [5.41, 5.74) is 0.112. The van der Waals surface area contributed by atoms with Gasteiger partial charge in [-0.2, -0.15) is 0 Å². The standard InChI is InChI=1S/C56H92O26/c1-22-9-14-56(73-19-22)23(2)35-31(82-56)8-7-27-26-6-5-24-15-25(10-12-54(24,3)28(26)11-13-55(27,35)4)74-53-48(81-50-43(69)41(67)38(64)32(16-57)75-50)46(40(66)34(18-59)77-53)79-51-44(70)45(39(65)33(17-58)76-51)78-52-47(37(63)30(61)21-72-52)80-49-42(68)36(62)29(60)20-71-49/h22-53,57-70H,5-21H2,1-4H3/t22-,23+,24+,25+,26+,27+,28+,29-,30-,31+,32-,33-,34-,35+,36+,37+,38+,39-,40-,41+,42-,43-,44-,45+,46+,47-,48-,49+,50+,51+,52+,53-,54+,55+,56-/m1/s1. The number of aliphatic hydroxyl groups excluding tert-OH is 14. The van der Waals surface area contributed by atoms with E-state index in [1.807, 2.05) is 0 Å². The van der Waals surface area contributed by atoms with E-state index in [1.54, 1.807) is 0 Å². The van der Waals surface area contributed by atoms with Crippen molar-refractivity contribution in [3.63, 3.8) is 0 Å². The SMILES string of the molecule is C[C@@H]1CC[C@@]2(OC1)O[C@H]1CC[C@H]3[C@@H]4CC[C@H]5C[C@@H](O[C@@H]6O[C@H](CO)[C@@H](O)[C@H](O[C@@H]7O[C@H](CO)[C@@H](O)[C@H](O[C@@H]8OC[C@@H](O)[C@H](O)[C@H]8O[C@@H]8OC[C@@H](O)[C@H](O)[C@H]8O)[C@H]7O)[C@H]6O[C@@H]6O[C@H](CO)[C@H](O)[C@H](O)[C@H]6O)CC[C@]5(C)[C@H]4CC[C@]3(C)[C@H]1[C@@H]2C. The second-order valence-corrected chi connectivity index (χ2v) is 26.6. The minimum absolute atomic E-state index is 0.0116. The van der Waals surface area contributed by atoms with Crippen LogP contribution in [0.3, 0.4) is 0 Å². The number of fused-ring (bicyclic) bond motifs is 7. The predicted molar refractivity (Wildman–Crippen MR) is 273 cm³/mol. The van der Waals surface area contributed by atoms with Crippen LogP contribution in [0.5, 0.6) is 0 Å². The molecule has 7 aliphatic heterocycles. The summed E-state index contributed by atoms with van der Waals surface area (Å²) in [6.07, 6.45) is -30.2. The van der Waals surface area contributed by atoms with Crippen LogP contribution in [0.4, 0.5) is 0 Å². The van der Waals surface area contributed by atoms with E-state index in [-0.39, 0.29) is 22.9 Å². The Bertz CT molecular complexity index is 2110. The van der Waals surface area contributed by atoms with E-state index in [0.717, 1.165) is 64.4 Å². The van der Waals surface area contributed by atoms with Crippen LogP contribution in [0.15, 0.2) is 0 Å². The lowest BCUT2D eigenvalue weighted by atomic mass is 9.41. The number of hydrogen-bond acceptors (Lipinski definition) is 26. The van der Waals surface area contributed by atoms with Gasteiger partial charge in [-0.3, -0.25) is 0 Å². The van der Waals surface area contributed by atoms with Crippen LogP contribution in [-0.4, -0.2) is 270 Å². The first-order valence-electron chi connectivity index (χ1n) is 30.2. The van der Waals surface area contributed by atoms with Crippen molar-refractivity contribution in [3.05, 3.63) is 0 Å². The smallest absolute Gasteiger partial charge is 0.187 e. The lowest BCUT2D eigenvalue weighted by molar-refractivity contribution is -0.403. The summed E-state index contributed by atoms with van der Waals surface area (Å²) < 4.78 is 74.1. The van der Waals surface area contributed by atoms with E-state index in [1.165, 1.54) is 0 Å². The van der Waals surface area contributed by atoms with E-state index in [9.17, 15) is 71.5 Å². The van der Waals surface area contributed by atoms with E-state index >= 15 is 0 Å². The molecular weight excluding hydrogens is 1090 g/mol. The third kappa shape index (κ3) is 11.1. The maximum Gasteiger partial charge on any atom is 0.187 e. The molecule has 11 rings (SSSR count). The second-order valence-electron chi connectivity index (χ2n) is 26.6. The fourth-order valence-electron chi connectivity index (χ4n) is 17.3. The van der Waals surface area contributed by atoms with Gasteiger partial charge in [-0.15, -0.1) is 0 Å². The molecule has 0 aromatic carbocycles. The van der Waals surface area contributed by atoms with Crippen molar-refractivity contribution in [2.24, 2.45) is 52.3 Å². The van der Waals surface area contributed by atoms with Crippen molar-refractivity contribution in [3.8, 4) is 0 Å². The van der Waals surface area contributed by atoms with Gasteiger partial charge in [0.05, 0.1) is 51.8 Å². The molecule has 11 aliphatic rings. The monoisotopic (exact) mass is 1180 g/mol. The molecule has 11 fully saturated rings. The predicted octanol–water partition coefficient (Wildman–Crippen LogP) is -3.42. The van der Waals surface area contributed by atoms with E-state index in [4.69, 9.17) is 56.8 Å². The van der Waals surface area contributed by atoms with Crippen molar-refractivity contribution >= 4 is 0 Å². The molecule has 0 unspecified atom stereocenters. The number of ether oxygens (including phenoxy) is 12. The second kappa shape index (κ2) is 24.7. The minimum atomic E-state index is -2.09. The average Bonchev–Trinajstić information content (AvgIpc) is 3.88. The molecule has 0 bridgehead atoms. The molecule has 0 aromatic heterocycles. The van der Waals surface area contributed by atoms with Crippen LogP contribution >= 0.6 is 0 Å². The Hall–Kier alpha value is -1.04. The quantitative estimate of drug-likeness (QED) is 0.0799. The lowest BCUT2D eigenvalue weighted by Crippen LogP contribution is -2.68. The van der Waals surface area contributed by atoms with Gasteiger partial charge in [0.25, 0.3) is 0 Å². The average molecular weight is 1180 g/mol. The van der Waals surface area contributed by atoms with Gasteiger partial charge < -0.3 is 128 Å². The minimum Gasteiger partial charge on any atom is -0.394 e. The molecule has 4 aliphatic carbocycles. The molecule has 7 saturated heterocycles. The largest absolute Gasteiger partial charge is 0.394 e. The van der Waals surface area contributed by atoms with E-state index in [0.29, 0.717) is 48.3 Å². The van der Waals surface area contributed by atoms with Crippen LogP contribution in [0, 0.1) is 52.3 Å². The van der Waals surface area contributed by atoms with Gasteiger partial charge in [0.15, 0.2) is 37.2 Å². The molecule has 35 atom stereocenters. The van der Waals surface area contributed by atoms with Crippen LogP contribution < -0.4 is 0 Å². The topological polar surface area (TPSA) is 394 Å². The van der Waals surface area contributed by atoms with Gasteiger partial charge in [0.2, 0.25) is 0 Å². The molecule has 0 aromatic rings. The molecule has 7 heterocycles. The first-order valence-corrected chi connectivity index (χ1v) is 30.2. The zero-order valence-electron chi connectivity index (χ0n) is 47.2. The van der Waals surface area contributed by atoms with Crippen molar-refractivity contribution in [1.29, 1.82) is 0 Å². The Morgan fingerprint density at radius 1 is 0.451 bits per heavy atom. The van der Waals surface area contributed by atoms with Crippen molar-refractivity contribution in [2.75, 3.05) is 39.6 Å². The number of hydrogen-bond donors (Lipinski definition) is 14. The summed E-state index contributed by atoms with van der Waals surface area (Å²) in [4.78, 5) is 0. The highest BCUT2D eigenvalue weighted by Gasteiger charge is 2.67. The summed E-state index contributed by atoms with van der Waals surface area (Å²) in [7, 11) is 0. The maximum atomic E-state index is 12.1. The maximum absolute atomic E-state index is 12.1. The first kappa shape index (κ1) is 62.6. The van der Waals surface area contributed by atoms with Crippen molar-refractivity contribution in [2.45, 2.75) is 258 Å². The molecule has 0 radical (unpaired) electrons. The fraction of sp³-hybridized carbons (Fsp3) is 1.00. The fourth-order valence-corrected chi connectivity index (χ4v) is 17.3. The van der Waals surface area contributed by atoms with Crippen molar-refractivity contribution in [1.82, 2.24) is 0 Å². The van der Waals surface area contributed by atoms with Gasteiger partial charge in [-0.25, -0.2) is 0 Å². The Morgan fingerprint density at radius 2 is 1.02 bits per heavy atom. The normalized spacial score (nSPS) is 57.1. The van der Waals surface area contributed by atoms with Crippen LogP contribution in [0.2, 0.25) is 0 Å². The summed E-state index contributed by atoms with van der Waals surface area (Å²) in [5.74, 6) is 2.58. The van der Waals surface area contributed by atoms with E-state index in [2.05, 4.69) is 27.7 Å². The molecular formula is C56H92O26. The number of rotatable bonds is 13. The Balaban J connectivity index is 0.822. The van der Waals surface area contributed by atoms with Gasteiger partial charge in [0.1, 0.15) is 110 Å². The molecule has 26 heteroatoms. The number of aliphatic hydroxyl groups is 14. The van der Waals surface area contributed by atoms with Gasteiger partial charge in [-0.1, -0.05) is 27.7 Å². The molecule has 4 saturated carbocycles. The lowest BCUT2D eigenvalue weighted by Gasteiger charge is -2.64. The van der Waals surface area contributed by atoms with Crippen LogP contribution in [0.1, 0.15) is 98.3 Å². The molecule has 1 spiro atoms.